The molecule has 2 atom stereocenters. The van der Waals surface area contributed by atoms with E-state index >= 15 is 0 Å². The van der Waals surface area contributed by atoms with Crippen molar-refractivity contribution in [2.75, 3.05) is 0 Å². The van der Waals surface area contributed by atoms with E-state index in [-0.39, 0.29) is 17.8 Å². The lowest BCUT2D eigenvalue weighted by molar-refractivity contribution is 0.0911. The van der Waals surface area contributed by atoms with Gasteiger partial charge < -0.3 is 10.4 Å². The number of aliphatic hydroxyl groups excluding tert-OH is 1. The number of hydrogen-bond donors (Lipinski definition) is 2. The molecule has 2 unspecified atom stereocenters. The van der Waals surface area contributed by atoms with Gasteiger partial charge in [-0.3, -0.25) is 9.48 Å². The Morgan fingerprint density at radius 1 is 1.32 bits per heavy atom. The summed E-state index contributed by atoms with van der Waals surface area (Å²) < 4.78 is 14.8. The molecule has 1 aliphatic rings. The number of benzene rings is 1. The van der Waals surface area contributed by atoms with Gasteiger partial charge in [-0.05, 0) is 49.9 Å². The molecule has 0 saturated heterocycles. The fourth-order valence-corrected chi connectivity index (χ4v) is 3.34. The van der Waals surface area contributed by atoms with Crippen molar-refractivity contribution in [3.05, 3.63) is 53.6 Å². The van der Waals surface area contributed by atoms with E-state index < -0.39 is 6.10 Å². The lowest BCUT2D eigenvalue weighted by Gasteiger charge is -2.18. The zero-order valence-electron chi connectivity index (χ0n) is 14.4. The Morgan fingerprint density at radius 3 is 2.68 bits per heavy atom. The third kappa shape index (κ3) is 4.45. The Balaban J connectivity index is 1.54. The van der Waals surface area contributed by atoms with Crippen molar-refractivity contribution in [3.8, 4) is 0 Å². The largest absolute Gasteiger partial charge is 0.388 e. The van der Waals surface area contributed by atoms with Crippen molar-refractivity contribution in [2.24, 2.45) is 0 Å². The summed E-state index contributed by atoms with van der Waals surface area (Å²) in [6.07, 6.45) is 6.11. The first-order chi connectivity index (χ1) is 12.0. The maximum atomic E-state index is 12.9. The molecule has 1 aromatic carbocycles. The molecule has 5 nitrogen and oxygen atoms in total. The predicted octanol–water partition coefficient (Wildman–Crippen LogP) is 3.38. The summed E-state index contributed by atoms with van der Waals surface area (Å²) in [5.41, 5.74) is 1.03. The monoisotopic (exact) mass is 345 g/mol. The van der Waals surface area contributed by atoms with Crippen LogP contribution in [0.15, 0.2) is 36.5 Å². The molecule has 1 heterocycles. The SMILES string of the molecule is CC(CC(O)c1ccc(F)cc1)NC(=O)c1ccn(C2CCCC2)n1. The van der Waals surface area contributed by atoms with E-state index in [4.69, 9.17) is 0 Å². The van der Waals surface area contributed by atoms with E-state index in [0.29, 0.717) is 23.7 Å². The number of aromatic nitrogens is 2. The van der Waals surface area contributed by atoms with E-state index in [9.17, 15) is 14.3 Å². The highest BCUT2D eigenvalue weighted by Gasteiger charge is 2.20. The first-order valence-electron chi connectivity index (χ1n) is 8.82. The first kappa shape index (κ1) is 17.6. The Labute approximate surface area is 146 Å². The van der Waals surface area contributed by atoms with Crippen LogP contribution in [-0.2, 0) is 0 Å². The lowest BCUT2D eigenvalue weighted by Crippen LogP contribution is -2.34. The highest BCUT2D eigenvalue weighted by molar-refractivity contribution is 5.92. The Kier molecular flexibility index (Phi) is 5.48. The van der Waals surface area contributed by atoms with Gasteiger partial charge in [0, 0.05) is 12.2 Å². The van der Waals surface area contributed by atoms with Gasteiger partial charge in [-0.1, -0.05) is 25.0 Å². The number of halogens is 1. The van der Waals surface area contributed by atoms with Gasteiger partial charge in [0.15, 0.2) is 0 Å². The van der Waals surface area contributed by atoms with Crippen LogP contribution in [0.1, 0.15) is 67.2 Å². The van der Waals surface area contributed by atoms with Crippen LogP contribution in [0.25, 0.3) is 0 Å². The van der Waals surface area contributed by atoms with Crippen molar-refractivity contribution >= 4 is 5.91 Å². The van der Waals surface area contributed by atoms with Gasteiger partial charge >= 0.3 is 0 Å². The maximum Gasteiger partial charge on any atom is 0.271 e. The van der Waals surface area contributed by atoms with Crippen molar-refractivity contribution in [1.29, 1.82) is 0 Å². The smallest absolute Gasteiger partial charge is 0.271 e. The summed E-state index contributed by atoms with van der Waals surface area (Å²) in [6, 6.07) is 7.64. The van der Waals surface area contributed by atoms with Gasteiger partial charge in [-0.15, -0.1) is 0 Å². The van der Waals surface area contributed by atoms with E-state index in [1.54, 1.807) is 18.2 Å². The third-order valence-corrected chi connectivity index (χ3v) is 4.75. The molecular formula is C19H24FN3O2. The molecule has 6 heteroatoms. The summed E-state index contributed by atoms with van der Waals surface area (Å²) >= 11 is 0. The predicted molar refractivity (Wildman–Crippen MR) is 92.6 cm³/mol. The number of rotatable bonds is 6. The molecule has 0 bridgehead atoms. The Hall–Kier alpha value is -2.21. The fourth-order valence-electron chi connectivity index (χ4n) is 3.34. The van der Waals surface area contributed by atoms with Gasteiger partial charge in [0.1, 0.15) is 11.5 Å². The zero-order chi connectivity index (χ0) is 17.8. The highest BCUT2D eigenvalue weighted by atomic mass is 19.1. The topological polar surface area (TPSA) is 67.2 Å². The summed E-state index contributed by atoms with van der Waals surface area (Å²) in [7, 11) is 0. The number of nitrogens with one attached hydrogen (secondary N) is 1. The minimum atomic E-state index is -0.757. The first-order valence-corrected chi connectivity index (χ1v) is 8.82. The minimum absolute atomic E-state index is 0.232. The fraction of sp³-hybridized carbons (Fsp3) is 0.474. The summed E-state index contributed by atoms with van der Waals surface area (Å²) in [6.45, 7) is 1.83. The van der Waals surface area contributed by atoms with E-state index in [1.165, 1.54) is 25.0 Å². The lowest BCUT2D eigenvalue weighted by atomic mass is 10.0. The summed E-state index contributed by atoms with van der Waals surface area (Å²) in [4.78, 5) is 12.3. The van der Waals surface area contributed by atoms with E-state index in [1.807, 2.05) is 17.8 Å². The number of hydrogen-bond acceptors (Lipinski definition) is 3. The maximum absolute atomic E-state index is 12.9. The second-order valence-electron chi connectivity index (χ2n) is 6.80. The van der Waals surface area contributed by atoms with Crippen molar-refractivity contribution in [3.63, 3.8) is 0 Å². The quantitative estimate of drug-likeness (QED) is 0.843. The second-order valence-corrected chi connectivity index (χ2v) is 6.80. The molecule has 0 spiro atoms. The van der Waals surface area contributed by atoms with Gasteiger partial charge in [0.05, 0.1) is 12.1 Å². The normalized spacial score (nSPS) is 17.4. The number of carbonyl (C=O) groups excluding carboxylic acids is 1. The molecule has 1 amide bonds. The highest BCUT2D eigenvalue weighted by Crippen LogP contribution is 2.28. The molecule has 3 rings (SSSR count). The number of nitrogens with zero attached hydrogens (tertiary/aromatic N) is 2. The number of aliphatic hydroxyl groups is 1. The second kappa shape index (κ2) is 7.78. The van der Waals surface area contributed by atoms with Crippen molar-refractivity contribution in [2.45, 2.75) is 57.2 Å². The van der Waals surface area contributed by atoms with Gasteiger partial charge in [-0.25, -0.2) is 4.39 Å². The Bertz CT molecular complexity index is 708. The standard InChI is InChI=1S/C19H24FN3O2/c1-13(12-18(24)14-6-8-15(20)9-7-14)21-19(25)17-10-11-23(22-17)16-4-2-3-5-16/h6-11,13,16,18,24H,2-5,12H2,1H3,(H,21,25). The molecule has 1 saturated carbocycles. The molecule has 2 N–H and O–H groups in total. The molecule has 1 aromatic heterocycles. The van der Waals surface area contributed by atoms with Gasteiger partial charge in [0.2, 0.25) is 0 Å². The van der Waals surface area contributed by atoms with Crippen LogP contribution in [0, 0.1) is 5.82 Å². The van der Waals surface area contributed by atoms with Crippen LogP contribution in [0.2, 0.25) is 0 Å². The molecule has 25 heavy (non-hydrogen) atoms. The number of amides is 1. The third-order valence-electron chi connectivity index (χ3n) is 4.75. The van der Waals surface area contributed by atoms with Gasteiger partial charge in [0.25, 0.3) is 5.91 Å². The Morgan fingerprint density at radius 2 is 2.00 bits per heavy atom. The molecule has 134 valence electrons. The van der Waals surface area contributed by atoms with Crippen molar-refractivity contribution < 1.29 is 14.3 Å². The minimum Gasteiger partial charge on any atom is -0.388 e. The van der Waals surface area contributed by atoms with Crippen LogP contribution < -0.4 is 5.32 Å². The molecule has 1 aliphatic carbocycles. The molecule has 2 aromatic rings. The van der Waals surface area contributed by atoms with Crippen LogP contribution in [0.3, 0.4) is 0 Å². The summed E-state index contributed by atoms with van der Waals surface area (Å²) in [5, 5.41) is 17.5. The average Bonchev–Trinajstić information content (AvgIpc) is 3.26. The van der Waals surface area contributed by atoms with E-state index in [0.717, 1.165) is 12.8 Å². The summed E-state index contributed by atoms with van der Waals surface area (Å²) in [5.74, 6) is -0.578. The zero-order valence-corrected chi connectivity index (χ0v) is 14.4. The molecule has 0 aliphatic heterocycles. The van der Waals surface area contributed by atoms with Crippen LogP contribution in [0.5, 0.6) is 0 Å². The van der Waals surface area contributed by atoms with Crippen LogP contribution in [0.4, 0.5) is 4.39 Å². The van der Waals surface area contributed by atoms with Crippen LogP contribution >= 0.6 is 0 Å². The molecule has 1 fully saturated rings. The van der Waals surface area contributed by atoms with Gasteiger partial charge in [-0.2, -0.15) is 5.10 Å². The average molecular weight is 345 g/mol. The number of carbonyl (C=O) groups is 1. The van der Waals surface area contributed by atoms with Crippen LogP contribution in [-0.4, -0.2) is 26.8 Å². The van der Waals surface area contributed by atoms with E-state index in [2.05, 4.69) is 10.4 Å². The molecular weight excluding hydrogens is 321 g/mol. The van der Waals surface area contributed by atoms with Crippen molar-refractivity contribution in [1.82, 2.24) is 15.1 Å². The molecule has 0 radical (unpaired) electrons.